The molecule has 4 unspecified atom stereocenters. The predicted octanol–water partition coefficient (Wildman–Crippen LogP) is 5.20. The lowest BCUT2D eigenvalue weighted by molar-refractivity contribution is -0.640. The highest BCUT2D eigenvalue weighted by Gasteiger charge is 2.56. The molecule has 2 N–H and O–H groups in total. The molecule has 2 aliphatic carbocycles. The summed E-state index contributed by atoms with van der Waals surface area (Å²) in [6.07, 6.45) is 8.38. The molecular weight excluding hydrogens is 476 g/mol. The minimum absolute atomic E-state index is 0.0665. The summed E-state index contributed by atoms with van der Waals surface area (Å²) in [7, 11) is 0. The second-order valence-electron chi connectivity index (χ2n) is 11.5. The van der Waals surface area contributed by atoms with E-state index in [1.54, 1.807) is 0 Å². The highest BCUT2D eigenvalue weighted by atomic mass is 32.1. The molecule has 3 heterocycles. The van der Waals surface area contributed by atoms with Crippen molar-refractivity contribution in [1.29, 1.82) is 0 Å². The van der Waals surface area contributed by atoms with Crippen molar-refractivity contribution in [3.63, 3.8) is 0 Å². The molecule has 194 valence electrons. The number of aryl methyl sites for hydroxylation is 1. The molecule has 4 aliphatic rings. The first-order valence-electron chi connectivity index (χ1n) is 14.0. The maximum Gasteiger partial charge on any atom is 0.289 e. The number of amides is 1. The van der Waals surface area contributed by atoms with Crippen LogP contribution >= 0.6 is 11.3 Å². The van der Waals surface area contributed by atoms with E-state index in [1.165, 1.54) is 49.0 Å². The number of carbonyl (C=O) groups is 1. The van der Waals surface area contributed by atoms with Crippen molar-refractivity contribution >= 4 is 17.2 Å². The van der Waals surface area contributed by atoms with E-state index in [0.717, 1.165) is 62.3 Å². The number of carbonyl (C=O) groups excluding carboxylic acids is 1. The van der Waals surface area contributed by atoms with E-state index in [2.05, 4.69) is 45.5 Å². The molecule has 1 aromatic carbocycles. The van der Waals surface area contributed by atoms with Gasteiger partial charge < -0.3 is 10.2 Å². The first-order chi connectivity index (χ1) is 17.6. The van der Waals surface area contributed by atoms with Crippen LogP contribution < -0.4 is 5.32 Å². The average Bonchev–Trinajstić information content (AvgIpc) is 3.55. The number of nitrogens with two attached hydrogens (primary N) is 1. The van der Waals surface area contributed by atoms with Crippen molar-refractivity contribution in [2.75, 3.05) is 19.6 Å². The Labute approximate surface area is 216 Å². The largest absolute Gasteiger partial charge is 0.345 e. The Morgan fingerprint density at radius 1 is 1.11 bits per heavy atom. The van der Waals surface area contributed by atoms with Crippen molar-refractivity contribution in [3.8, 4) is 0 Å². The van der Waals surface area contributed by atoms with Gasteiger partial charge in [0.15, 0.2) is 5.01 Å². The zero-order valence-electron chi connectivity index (χ0n) is 21.0. The Balaban J connectivity index is 1.30. The van der Waals surface area contributed by atoms with Gasteiger partial charge in [0, 0.05) is 17.5 Å². The third kappa shape index (κ3) is 4.30. The van der Waals surface area contributed by atoms with E-state index in [9.17, 15) is 13.6 Å². The van der Waals surface area contributed by atoms with Crippen LogP contribution in [0.2, 0.25) is 0 Å². The fraction of sp³-hybridized carbons (Fsp3) is 0.655. The van der Waals surface area contributed by atoms with Crippen LogP contribution in [0.5, 0.6) is 0 Å². The number of hydrogen-bond acceptors (Lipinski definition) is 3. The number of piperidine rings is 1. The molecule has 1 saturated carbocycles. The molecule has 4 atom stereocenters. The Hall–Kier alpha value is -1.86. The fourth-order valence-corrected chi connectivity index (χ4v) is 9.16. The summed E-state index contributed by atoms with van der Waals surface area (Å²) in [6.45, 7) is 2.38. The Bertz CT molecular complexity index is 1070. The number of thiazole rings is 1. The van der Waals surface area contributed by atoms with E-state index in [4.69, 9.17) is 0 Å². The van der Waals surface area contributed by atoms with Crippen molar-refractivity contribution in [3.05, 3.63) is 51.5 Å². The minimum atomic E-state index is -2.54. The van der Waals surface area contributed by atoms with E-state index in [-0.39, 0.29) is 28.3 Å². The van der Waals surface area contributed by atoms with Gasteiger partial charge in [-0.2, -0.15) is 0 Å². The van der Waals surface area contributed by atoms with Crippen LogP contribution in [-0.2, 0) is 16.6 Å². The molecule has 6 rings (SSSR count). The summed E-state index contributed by atoms with van der Waals surface area (Å²) in [5, 5.41) is 2.19. The zero-order chi connectivity index (χ0) is 24.7. The third-order valence-electron chi connectivity index (χ3n) is 9.66. The highest BCUT2D eigenvalue weighted by Crippen LogP contribution is 2.49. The molecule has 2 aliphatic heterocycles. The van der Waals surface area contributed by atoms with Gasteiger partial charge in [-0.3, -0.25) is 4.79 Å². The van der Waals surface area contributed by atoms with Crippen molar-refractivity contribution < 1.29 is 18.9 Å². The van der Waals surface area contributed by atoms with Gasteiger partial charge in [-0.25, -0.2) is 13.8 Å². The smallest absolute Gasteiger partial charge is 0.289 e. The number of hydrogen-bond donors (Lipinski definition) is 1. The second kappa shape index (κ2) is 10.1. The topological polar surface area (TPSA) is 49.8 Å². The zero-order valence-corrected chi connectivity index (χ0v) is 21.8. The Morgan fingerprint density at radius 2 is 1.92 bits per heavy atom. The molecule has 4 nitrogen and oxygen atoms in total. The lowest BCUT2D eigenvalue weighted by Crippen LogP contribution is -2.82. The van der Waals surface area contributed by atoms with Crippen LogP contribution in [0.25, 0.3) is 0 Å². The predicted molar refractivity (Wildman–Crippen MR) is 137 cm³/mol. The molecule has 3 fully saturated rings. The van der Waals surface area contributed by atoms with Crippen molar-refractivity contribution in [2.45, 2.75) is 88.0 Å². The van der Waals surface area contributed by atoms with Gasteiger partial charge >= 0.3 is 0 Å². The lowest BCUT2D eigenvalue weighted by atomic mass is 9.68. The van der Waals surface area contributed by atoms with Gasteiger partial charge in [0.05, 0.1) is 24.2 Å². The molecule has 2 saturated heterocycles. The first-order valence-corrected chi connectivity index (χ1v) is 14.8. The summed E-state index contributed by atoms with van der Waals surface area (Å²) < 4.78 is 27.1. The summed E-state index contributed by atoms with van der Waals surface area (Å²) in [5.74, 6) is 1.22. The normalized spacial score (nSPS) is 31.2. The maximum atomic E-state index is 14.5. The van der Waals surface area contributed by atoms with Gasteiger partial charge in [0.25, 0.3) is 6.43 Å². The minimum Gasteiger partial charge on any atom is -0.345 e. The fourth-order valence-electron chi connectivity index (χ4n) is 7.91. The van der Waals surface area contributed by atoms with E-state index in [1.807, 2.05) is 0 Å². The molecule has 0 bridgehead atoms. The van der Waals surface area contributed by atoms with Gasteiger partial charge in [0.1, 0.15) is 5.92 Å². The Morgan fingerprint density at radius 3 is 2.69 bits per heavy atom. The monoisotopic (exact) mass is 514 g/mol. The first kappa shape index (κ1) is 24.5. The van der Waals surface area contributed by atoms with Crippen molar-refractivity contribution in [1.82, 2.24) is 9.88 Å². The summed E-state index contributed by atoms with van der Waals surface area (Å²) in [5.41, 5.74) is 1.90. The summed E-state index contributed by atoms with van der Waals surface area (Å²) in [6, 6.07) is 11.1. The third-order valence-corrected chi connectivity index (χ3v) is 11.0. The molecule has 1 amide bonds. The molecular formula is C29H38F2N3OS+. The number of benzene rings is 1. The summed E-state index contributed by atoms with van der Waals surface area (Å²) >= 11 is 1.18. The summed E-state index contributed by atoms with van der Waals surface area (Å²) in [4.78, 5) is 22.1. The number of alkyl halides is 2. The van der Waals surface area contributed by atoms with Crippen LogP contribution in [0.1, 0.15) is 91.3 Å². The number of aromatic nitrogens is 1. The maximum absolute atomic E-state index is 14.5. The molecule has 2 aromatic rings. The quantitative estimate of drug-likeness (QED) is 0.610. The van der Waals surface area contributed by atoms with E-state index >= 15 is 0 Å². The number of fused-ring (bicyclic) bond motifs is 2. The number of likely N-dealkylation sites (tertiary alicyclic amines) is 1. The average molecular weight is 515 g/mol. The van der Waals surface area contributed by atoms with Crippen LogP contribution in [0, 0.1) is 11.8 Å². The molecule has 1 spiro atoms. The van der Waals surface area contributed by atoms with Crippen LogP contribution in [0.15, 0.2) is 30.3 Å². The number of nitrogens with zero attached hydrogens (tertiary/aromatic N) is 2. The van der Waals surface area contributed by atoms with Gasteiger partial charge in [0.2, 0.25) is 5.91 Å². The van der Waals surface area contributed by atoms with Crippen LogP contribution in [0.3, 0.4) is 0 Å². The van der Waals surface area contributed by atoms with Crippen LogP contribution in [-0.4, -0.2) is 41.5 Å². The van der Waals surface area contributed by atoms with Gasteiger partial charge in [-0.1, -0.05) is 49.6 Å². The number of halogens is 2. The molecule has 7 heteroatoms. The molecule has 36 heavy (non-hydrogen) atoms. The lowest BCUT2D eigenvalue weighted by Gasteiger charge is -2.47. The van der Waals surface area contributed by atoms with Gasteiger partial charge in [-0.05, 0) is 62.3 Å². The van der Waals surface area contributed by atoms with E-state index < -0.39 is 6.43 Å². The van der Waals surface area contributed by atoms with Crippen molar-refractivity contribution in [2.24, 2.45) is 11.8 Å². The second-order valence-corrected chi connectivity index (χ2v) is 12.6. The number of quaternary nitrogens is 1. The standard InChI is InChI=1S/C29H37F2N3OS/c30-26(31)27-33-23-12-7-14-29(25(23)36-27)18-32-17-22(29)28(35)34-15-13-21(19-8-3-1-4-9-19)16-24(34)20-10-5-2-6-11-20/h1,3-4,8-9,20-22,24,26,32H,2,5-7,10-18H2/p+1. The molecule has 1 aromatic heterocycles. The molecule has 0 radical (unpaired) electrons. The SMILES string of the molecule is O=C(C1C[NH2+]CC12CCCc1nc(C(F)F)sc12)N1CCC(c2ccccc2)CC1C1CCCCC1. The van der Waals surface area contributed by atoms with E-state index in [0.29, 0.717) is 11.8 Å². The van der Waals surface area contributed by atoms with Gasteiger partial charge in [-0.15, -0.1) is 11.3 Å². The Kier molecular flexibility index (Phi) is 6.89. The highest BCUT2D eigenvalue weighted by molar-refractivity contribution is 7.12. The number of rotatable bonds is 4. The van der Waals surface area contributed by atoms with Crippen LogP contribution in [0.4, 0.5) is 8.78 Å².